The average Bonchev–Trinajstić information content (AvgIpc) is 3.02. The molecule has 7 nitrogen and oxygen atoms in total. The first-order valence-electron chi connectivity index (χ1n) is 8.63. The first-order chi connectivity index (χ1) is 12.3. The highest BCUT2D eigenvalue weighted by atomic mass is 16.5. The van der Waals surface area contributed by atoms with Crippen molar-refractivity contribution in [1.82, 2.24) is 25.3 Å². The SMILES string of the molecule is Nc1n[nH]c2cc(OCC3CCN(Cc4cccnn4)CC3)ccc12. The lowest BCUT2D eigenvalue weighted by atomic mass is 9.97. The first-order valence-corrected chi connectivity index (χ1v) is 8.63. The minimum absolute atomic E-state index is 0.525. The molecule has 1 aromatic carbocycles. The minimum Gasteiger partial charge on any atom is -0.493 e. The fraction of sp³-hybridized carbons (Fsp3) is 0.389. The number of H-pyrrole nitrogens is 1. The molecule has 2 aromatic heterocycles. The predicted molar refractivity (Wildman–Crippen MR) is 96.0 cm³/mol. The Balaban J connectivity index is 1.26. The van der Waals surface area contributed by atoms with Gasteiger partial charge in [0.2, 0.25) is 0 Å². The van der Waals surface area contributed by atoms with E-state index in [9.17, 15) is 0 Å². The zero-order valence-electron chi connectivity index (χ0n) is 14.1. The number of benzene rings is 1. The van der Waals surface area contributed by atoms with Crippen molar-refractivity contribution in [2.75, 3.05) is 25.4 Å². The van der Waals surface area contributed by atoms with Gasteiger partial charge < -0.3 is 10.5 Å². The van der Waals surface area contributed by atoms with E-state index in [1.54, 1.807) is 6.20 Å². The highest BCUT2D eigenvalue weighted by Gasteiger charge is 2.20. The number of nitrogens with one attached hydrogen (secondary N) is 1. The van der Waals surface area contributed by atoms with Crippen molar-refractivity contribution in [3.8, 4) is 5.75 Å². The van der Waals surface area contributed by atoms with Gasteiger partial charge >= 0.3 is 0 Å². The van der Waals surface area contributed by atoms with Gasteiger partial charge in [0.05, 0.1) is 17.8 Å². The highest BCUT2D eigenvalue weighted by molar-refractivity contribution is 5.89. The number of rotatable bonds is 5. The van der Waals surface area contributed by atoms with E-state index in [0.717, 1.165) is 61.4 Å². The number of likely N-dealkylation sites (tertiary alicyclic amines) is 1. The summed E-state index contributed by atoms with van der Waals surface area (Å²) in [6.07, 6.45) is 3.99. The summed E-state index contributed by atoms with van der Waals surface area (Å²) in [4.78, 5) is 2.43. The molecular formula is C18H22N6O. The molecule has 1 fully saturated rings. The molecule has 0 radical (unpaired) electrons. The quantitative estimate of drug-likeness (QED) is 0.741. The molecule has 3 heterocycles. The number of nitrogens with zero attached hydrogens (tertiary/aromatic N) is 4. The van der Waals surface area contributed by atoms with E-state index >= 15 is 0 Å². The fourth-order valence-corrected chi connectivity index (χ4v) is 3.28. The summed E-state index contributed by atoms with van der Waals surface area (Å²) < 4.78 is 5.99. The Morgan fingerprint density at radius 3 is 2.92 bits per heavy atom. The van der Waals surface area contributed by atoms with Gasteiger partial charge in [-0.05, 0) is 56.1 Å². The Morgan fingerprint density at radius 1 is 1.24 bits per heavy atom. The van der Waals surface area contributed by atoms with Crippen LogP contribution in [0.15, 0.2) is 36.5 Å². The molecule has 4 rings (SSSR count). The van der Waals surface area contributed by atoms with Gasteiger partial charge in [-0.1, -0.05) is 0 Å². The summed E-state index contributed by atoms with van der Waals surface area (Å²) >= 11 is 0. The number of anilines is 1. The van der Waals surface area contributed by atoms with E-state index in [1.165, 1.54) is 0 Å². The maximum absolute atomic E-state index is 5.99. The number of ether oxygens (including phenoxy) is 1. The Hall–Kier alpha value is -2.67. The summed E-state index contributed by atoms with van der Waals surface area (Å²) in [5.74, 6) is 1.97. The van der Waals surface area contributed by atoms with Crippen LogP contribution in [-0.4, -0.2) is 45.0 Å². The van der Waals surface area contributed by atoms with E-state index in [2.05, 4.69) is 25.3 Å². The number of aromatic amines is 1. The smallest absolute Gasteiger partial charge is 0.153 e. The number of nitrogen functional groups attached to an aromatic ring is 1. The predicted octanol–water partition coefficient (Wildman–Crippen LogP) is 2.23. The van der Waals surface area contributed by atoms with Crippen molar-refractivity contribution >= 4 is 16.7 Å². The molecular weight excluding hydrogens is 316 g/mol. The number of aromatic nitrogens is 4. The summed E-state index contributed by atoms with van der Waals surface area (Å²) in [6.45, 7) is 3.76. The molecule has 25 heavy (non-hydrogen) atoms. The van der Waals surface area contributed by atoms with E-state index in [1.807, 2.05) is 30.3 Å². The molecule has 0 unspecified atom stereocenters. The Morgan fingerprint density at radius 2 is 2.12 bits per heavy atom. The Labute approximate surface area is 146 Å². The van der Waals surface area contributed by atoms with Gasteiger partial charge in [0, 0.05) is 24.2 Å². The molecule has 0 atom stereocenters. The lowest BCUT2D eigenvalue weighted by molar-refractivity contribution is 0.135. The molecule has 7 heteroatoms. The number of piperidine rings is 1. The van der Waals surface area contributed by atoms with Gasteiger partial charge in [0.15, 0.2) is 5.82 Å². The summed E-state index contributed by atoms with van der Waals surface area (Å²) in [5, 5.41) is 16.0. The van der Waals surface area contributed by atoms with E-state index in [4.69, 9.17) is 10.5 Å². The van der Waals surface area contributed by atoms with Crippen LogP contribution in [0.25, 0.3) is 10.9 Å². The lowest BCUT2D eigenvalue weighted by Gasteiger charge is -2.31. The third-order valence-corrected chi connectivity index (χ3v) is 4.77. The van der Waals surface area contributed by atoms with Crippen LogP contribution < -0.4 is 10.5 Å². The third kappa shape index (κ3) is 3.71. The molecule has 0 spiro atoms. The van der Waals surface area contributed by atoms with Gasteiger partial charge in [-0.3, -0.25) is 10.00 Å². The van der Waals surface area contributed by atoms with E-state index in [0.29, 0.717) is 11.7 Å². The molecule has 0 saturated carbocycles. The zero-order chi connectivity index (χ0) is 17.1. The van der Waals surface area contributed by atoms with E-state index in [-0.39, 0.29) is 0 Å². The summed E-state index contributed by atoms with van der Waals surface area (Å²) in [5.41, 5.74) is 7.73. The number of fused-ring (bicyclic) bond motifs is 1. The Kier molecular flexibility index (Phi) is 4.47. The number of nitrogens with two attached hydrogens (primary N) is 1. The van der Waals surface area contributed by atoms with Crippen LogP contribution in [0.2, 0.25) is 0 Å². The molecule has 1 saturated heterocycles. The minimum atomic E-state index is 0.525. The maximum atomic E-state index is 5.99. The number of hydrogen-bond donors (Lipinski definition) is 2. The van der Waals surface area contributed by atoms with Crippen molar-refractivity contribution in [3.05, 3.63) is 42.2 Å². The van der Waals surface area contributed by atoms with Crippen molar-refractivity contribution < 1.29 is 4.74 Å². The monoisotopic (exact) mass is 338 g/mol. The lowest BCUT2D eigenvalue weighted by Crippen LogP contribution is -2.35. The van der Waals surface area contributed by atoms with Crippen LogP contribution in [0.5, 0.6) is 5.75 Å². The van der Waals surface area contributed by atoms with Gasteiger partial charge in [-0.25, -0.2) is 0 Å². The molecule has 3 aromatic rings. The molecule has 130 valence electrons. The van der Waals surface area contributed by atoms with Gasteiger partial charge in [0.1, 0.15) is 5.75 Å². The van der Waals surface area contributed by atoms with Crippen LogP contribution >= 0.6 is 0 Å². The maximum Gasteiger partial charge on any atom is 0.153 e. The highest BCUT2D eigenvalue weighted by Crippen LogP contribution is 2.25. The summed E-state index contributed by atoms with van der Waals surface area (Å²) in [6, 6.07) is 9.83. The van der Waals surface area contributed by atoms with Crippen molar-refractivity contribution in [2.45, 2.75) is 19.4 Å². The average molecular weight is 338 g/mol. The topological polar surface area (TPSA) is 92.9 Å². The van der Waals surface area contributed by atoms with Gasteiger partial charge in [0.25, 0.3) is 0 Å². The third-order valence-electron chi connectivity index (χ3n) is 4.77. The fourth-order valence-electron chi connectivity index (χ4n) is 3.28. The van der Waals surface area contributed by atoms with Crippen LogP contribution in [0.1, 0.15) is 18.5 Å². The van der Waals surface area contributed by atoms with Crippen LogP contribution in [0.4, 0.5) is 5.82 Å². The number of hydrogen-bond acceptors (Lipinski definition) is 6. The summed E-state index contributed by atoms with van der Waals surface area (Å²) in [7, 11) is 0. The molecule has 0 bridgehead atoms. The van der Waals surface area contributed by atoms with Gasteiger partial charge in [-0.15, -0.1) is 0 Å². The van der Waals surface area contributed by atoms with Crippen molar-refractivity contribution in [1.29, 1.82) is 0 Å². The van der Waals surface area contributed by atoms with Crippen molar-refractivity contribution in [3.63, 3.8) is 0 Å². The zero-order valence-corrected chi connectivity index (χ0v) is 14.1. The second kappa shape index (κ2) is 7.06. The molecule has 0 amide bonds. The van der Waals surface area contributed by atoms with Crippen LogP contribution in [0.3, 0.4) is 0 Å². The second-order valence-electron chi connectivity index (χ2n) is 6.56. The molecule has 3 N–H and O–H groups in total. The second-order valence-corrected chi connectivity index (χ2v) is 6.56. The van der Waals surface area contributed by atoms with Crippen LogP contribution in [-0.2, 0) is 6.54 Å². The Bertz CT molecular complexity index is 826. The molecule has 1 aliphatic rings. The standard InChI is InChI=1S/C18H22N6O/c19-18-16-4-3-15(10-17(16)22-23-18)25-12-13-5-8-24(9-6-13)11-14-2-1-7-20-21-14/h1-4,7,10,13H,5-6,8-9,11-12H2,(H3,19,22,23). The normalized spacial score (nSPS) is 16.3. The largest absolute Gasteiger partial charge is 0.493 e. The molecule has 0 aliphatic carbocycles. The molecule has 1 aliphatic heterocycles. The van der Waals surface area contributed by atoms with E-state index < -0.39 is 0 Å². The van der Waals surface area contributed by atoms with Crippen LogP contribution in [0, 0.1) is 5.92 Å². The van der Waals surface area contributed by atoms with Crippen molar-refractivity contribution in [2.24, 2.45) is 5.92 Å². The first kappa shape index (κ1) is 15.8. The van der Waals surface area contributed by atoms with Gasteiger partial charge in [-0.2, -0.15) is 15.3 Å².